The summed E-state index contributed by atoms with van der Waals surface area (Å²) in [6, 6.07) is 4.29. The minimum atomic E-state index is 0.846. The number of hydrogen-bond acceptors (Lipinski definition) is 3. The van der Waals surface area contributed by atoms with Crippen LogP contribution in [0.25, 0.3) is 0 Å². The summed E-state index contributed by atoms with van der Waals surface area (Å²) in [7, 11) is 0. The number of rotatable bonds is 4. The molecule has 0 aliphatic carbocycles. The van der Waals surface area contributed by atoms with E-state index in [0.717, 1.165) is 24.8 Å². The first-order valence-corrected chi connectivity index (χ1v) is 6.69. The zero-order valence-electron chi connectivity index (χ0n) is 10.9. The van der Waals surface area contributed by atoms with Gasteiger partial charge in [0.2, 0.25) is 0 Å². The number of nitrogens with one attached hydrogen (secondary N) is 1. The molecule has 0 radical (unpaired) electrons. The number of pyridine rings is 1. The Labute approximate surface area is 104 Å². The van der Waals surface area contributed by atoms with Crippen LogP contribution >= 0.6 is 0 Å². The van der Waals surface area contributed by atoms with Gasteiger partial charge in [0, 0.05) is 25.8 Å². The number of anilines is 1. The molecule has 0 spiro atoms. The summed E-state index contributed by atoms with van der Waals surface area (Å²) in [5.41, 5.74) is 1.37. The van der Waals surface area contributed by atoms with E-state index in [-0.39, 0.29) is 0 Å². The second-order valence-electron chi connectivity index (χ2n) is 5.06. The lowest BCUT2D eigenvalue weighted by molar-refractivity contribution is 0.176. The Hall–Kier alpha value is -1.09. The van der Waals surface area contributed by atoms with E-state index >= 15 is 0 Å². The third-order valence-corrected chi connectivity index (χ3v) is 3.33. The molecule has 1 atom stereocenters. The van der Waals surface area contributed by atoms with Gasteiger partial charge < -0.3 is 5.32 Å². The van der Waals surface area contributed by atoms with Crippen LogP contribution in [0.1, 0.15) is 32.3 Å². The average molecular weight is 233 g/mol. The lowest BCUT2D eigenvalue weighted by Crippen LogP contribution is -2.33. The van der Waals surface area contributed by atoms with Crippen LogP contribution in [0.4, 0.5) is 5.82 Å². The van der Waals surface area contributed by atoms with Gasteiger partial charge in [-0.1, -0.05) is 6.92 Å². The molecule has 1 fully saturated rings. The molecule has 0 amide bonds. The largest absolute Gasteiger partial charge is 0.370 e. The summed E-state index contributed by atoms with van der Waals surface area (Å²) in [5, 5.41) is 3.26. The SMILES string of the molecule is CCNc1cc(CN2CCCC(C)C2)ccn1. The van der Waals surface area contributed by atoms with Crippen molar-refractivity contribution in [1.82, 2.24) is 9.88 Å². The highest BCUT2D eigenvalue weighted by Gasteiger charge is 2.16. The highest BCUT2D eigenvalue weighted by molar-refractivity contribution is 5.37. The van der Waals surface area contributed by atoms with Crippen LogP contribution in [0.2, 0.25) is 0 Å². The summed E-state index contributed by atoms with van der Waals surface area (Å²) in [5.74, 6) is 1.84. The monoisotopic (exact) mass is 233 g/mol. The van der Waals surface area contributed by atoms with Crippen LogP contribution in [0.5, 0.6) is 0 Å². The molecule has 1 unspecified atom stereocenters. The molecule has 3 heteroatoms. The Morgan fingerprint density at radius 1 is 1.53 bits per heavy atom. The van der Waals surface area contributed by atoms with Crippen molar-refractivity contribution in [3.05, 3.63) is 23.9 Å². The Bertz CT molecular complexity index is 351. The first-order chi connectivity index (χ1) is 8.28. The molecule has 1 aliphatic heterocycles. The Morgan fingerprint density at radius 3 is 3.18 bits per heavy atom. The highest BCUT2D eigenvalue weighted by Crippen LogP contribution is 2.18. The van der Waals surface area contributed by atoms with E-state index in [4.69, 9.17) is 0 Å². The maximum Gasteiger partial charge on any atom is 0.126 e. The van der Waals surface area contributed by atoms with Gasteiger partial charge in [0.05, 0.1) is 0 Å². The van der Waals surface area contributed by atoms with Crippen molar-refractivity contribution in [2.75, 3.05) is 25.0 Å². The number of piperidine rings is 1. The lowest BCUT2D eigenvalue weighted by Gasteiger charge is -2.30. The van der Waals surface area contributed by atoms with Gasteiger partial charge in [0.15, 0.2) is 0 Å². The molecule has 1 aromatic rings. The van der Waals surface area contributed by atoms with Crippen molar-refractivity contribution in [2.45, 2.75) is 33.2 Å². The normalized spacial score (nSPS) is 21.4. The molecule has 94 valence electrons. The van der Waals surface area contributed by atoms with Gasteiger partial charge in [0.25, 0.3) is 0 Å². The second-order valence-corrected chi connectivity index (χ2v) is 5.06. The fraction of sp³-hybridized carbons (Fsp3) is 0.643. The van der Waals surface area contributed by atoms with Crippen LogP contribution in [0, 0.1) is 5.92 Å². The summed E-state index contributed by atoms with van der Waals surface area (Å²) < 4.78 is 0. The Morgan fingerprint density at radius 2 is 2.41 bits per heavy atom. The smallest absolute Gasteiger partial charge is 0.126 e. The topological polar surface area (TPSA) is 28.2 Å². The standard InChI is InChI=1S/C14H23N3/c1-3-15-14-9-13(6-7-16-14)11-17-8-4-5-12(2)10-17/h6-7,9,12H,3-5,8,10-11H2,1-2H3,(H,15,16). The van der Waals surface area contributed by atoms with Gasteiger partial charge in [0.1, 0.15) is 5.82 Å². The first-order valence-electron chi connectivity index (χ1n) is 6.69. The Balaban J connectivity index is 1.95. The number of aromatic nitrogens is 1. The van der Waals surface area contributed by atoms with Crippen molar-refractivity contribution in [3.63, 3.8) is 0 Å². The molecule has 0 saturated carbocycles. The van der Waals surface area contributed by atoms with Crippen LogP contribution in [-0.4, -0.2) is 29.5 Å². The fourth-order valence-electron chi connectivity index (χ4n) is 2.54. The molecule has 1 saturated heterocycles. The third-order valence-electron chi connectivity index (χ3n) is 3.33. The quantitative estimate of drug-likeness (QED) is 0.866. The molecular weight excluding hydrogens is 210 g/mol. The second kappa shape index (κ2) is 6.01. The maximum atomic E-state index is 4.31. The van der Waals surface area contributed by atoms with Crippen LogP contribution in [0.3, 0.4) is 0 Å². The van der Waals surface area contributed by atoms with Gasteiger partial charge in [-0.15, -0.1) is 0 Å². The number of likely N-dealkylation sites (tertiary alicyclic amines) is 1. The van der Waals surface area contributed by atoms with Gasteiger partial charge in [-0.25, -0.2) is 4.98 Å². The first kappa shape index (κ1) is 12.4. The van der Waals surface area contributed by atoms with E-state index < -0.39 is 0 Å². The predicted molar refractivity (Wildman–Crippen MR) is 72.1 cm³/mol. The number of hydrogen-bond donors (Lipinski definition) is 1. The molecule has 3 nitrogen and oxygen atoms in total. The van der Waals surface area contributed by atoms with Crippen molar-refractivity contribution >= 4 is 5.82 Å². The molecule has 2 heterocycles. The number of nitrogens with zero attached hydrogens (tertiary/aromatic N) is 2. The van der Waals surface area contributed by atoms with E-state index in [2.05, 4.69) is 41.2 Å². The molecule has 1 aromatic heterocycles. The highest BCUT2D eigenvalue weighted by atomic mass is 15.1. The zero-order chi connectivity index (χ0) is 12.1. The van der Waals surface area contributed by atoms with Crippen LogP contribution in [-0.2, 0) is 6.54 Å². The van der Waals surface area contributed by atoms with Crippen molar-refractivity contribution in [2.24, 2.45) is 5.92 Å². The Kier molecular flexibility index (Phi) is 4.37. The fourth-order valence-corrected chi connectivity index (χ4v) is 2.54. The van der Waals surface area contributed by atoms with Gasteiger partial charge >= 0.3 is 0 Å². The molecular formula is C14H23N3. The van der Waals surface area contributed by atoms with E-state index in [1.165, 1.54) is 31.5 Å². The van der Waals surface area contributed by atoms with Crippen molar-refractivity contribution in [1.29, 1.82) is 0 Å². The summed E-state index contributed by atoms with van der Waals surface area (Å²) in [6.45, 7) is 8.91. The minimum Gasteiger partial charge on any atom is -0.370 e. The molecule has 1 aliphatic rings. The molecule has 2 rings (SSSR count). The van der Waals surface area contributed by atoms with E-state index in [1.54, 1.807) is 0 Å². The molecule has 1 N–H and O–H groups in total. The predicted octanol–water partition coefficient (Wildman–Crippen LogP) is 2.75. The summed E-state index contributed by atoms with van der Waals surface area (Å²) in [6.07, 6.45) is 4.63. The van der Waals surface area contributed by atoms with Gasteiger partial charge in [-0.3, -0.25) is 4.90 Å². The van der Waals surface area contributed by atoms with E-state index in [1.807, 2.05) is 6.20 Å². The van der Waals surface area contributed by atoms with Crippen LogP contribution in [0.15, 0.2) is 18.3 Å². The van der Waals surface area contributed by atoms with E-state index in [9.17, 15) is 0 Å². The molecule has 0 bridgehead atoms. The minimum absolute atomic E-state index is 0.846. The zero-order valence-corrected chi connectivity index (χ0v) is 10.9. The average Bonchev–Trinajstić information content (AvgIpc) is 2.30. The van der Waals surface area contributed by atoms with Gasteiger partial charge in [-0.2, -0.15) is 0 Å². The molecule has 0 aromatic carbocycles. The lowest BCUT2D eigenvalue weighted by atomic mass is 10.00. The van der Waals surface area contributed by atoms with Crippen LogP contribution < -0.4 is 5.32 Å². The van der Waals surface area contributed by atoms with Crippen molar-refractivity contribution < 1.29 is 0 Å². The van der Waals surface area contributed by atoms with Crippen molar-refractivity contribution in [3.8, 4) is 0 Å². The third kappa shape index (κ3) is 3.70. The molecule has 17 heavy (non-hydrogen) atoms. The van der Waals surface area contributed by atoms with E-state index in [0.29, 0.717) is 0 Å². The maximum absolute atomic E-state index is 4.31. The summed E-state index contributed by atoms with van der Waals surface area (Å²) >= 11 is 0. The summed E-state index contributed by atoms with van der Waals surface area (Å²) in [4.78, 5) is 6.86. The van der Waals surface area contributed by atoms with Gasteiger partial charge in [-0.05, 0) is 49.9 Å².